The molecule has 7 heteroatoms. The van der Waals surface area contributed by atoms with Crippen LogP contribution in [0.5, 0.6) is 0 Å². The quantitative estimate of drug-likeness (QED) is 0.579. The number of piperidine rings is 1. The molecule has 0 aromatic carbocycles. The fraction of sp³-hybridized carbons (Fsp3) is 0.500. The molecule has 19 heavy (non-hydrogen) atoms. The minimum absolute atomic E-state index is 0.304. The highest BCUT2D eigenvalue weighted by Gasteiger charge is 2.28. The number of fused-ring (bicyclic) bond motifs is 1. The van der Waals surface area contributed by atoms with Crippen LogP contribution >= 0.6 is 0 Å². The average Bonchev–Trinajstić information content (AvgIpc) is 2.82. The first-order valence-electron chi connectivity index (χ1n) is 6.42. The van der Waals surface area contributed by atoms with Gasteiger partial charge in [0.05, 0.1) is 6.20 Å². The summed E-state index contributed by atoms with van der Waals surface area (Å²) < 4.78 is 1.68. The zero-order valence-corrected chi connectivity index (χ0v) is 10.5. The molecule has 102 valence electrons. The number of aromatic nitrogens is 2. The number of allylic oxidation sites excluding steroid dienone is 1. The van der Waals surface area contributed by atoms with E-state index in [1.807, 2.05) is 0 Å². The van der Waals surface area contributed by atoms with Crippen LogP contribution in [-0.4, -0.2) is 40.1 Å². The molecule has 3 rings (SSSR count). The van der Waals surface area contributed by atoms with E-state index < -0.39 is 12.1 Å². The molecule has 1 aromatic heterocycles. The molecular formula is C12H17N5O2. The fourth-order valence-corrected chi connectivity index (χ4v) is 2.70. The molecule has 1 fully saturated rings. The van der Waals surface area contributed by atoms with E-state index in [0.717, 1.165) is 31.6 Å². The topological polar surface area (TPSA) is 105 Å². The minimum atomic E-state index is -0.813. The second-order valence-corrected chi connectivity index (χ2v) is 4.89. The summed E-state index contributed by atoms with van der Waals surface area (Å²) >= 11 is 0. The molecule has 2 aliphatic rings. The summed E-state index contributed by atoms with van der Waals surface area (Å²) in [5.41, 5.74) is 6.55. The largest absolute Gasteiger partial charge is 0.370 e. The predicted octanol–water partition coefficient (Wildman–Crippen LogP) is -0.434. The van der Waals surface area contributed by atoms with Crippen molar-refractivity contribution in [3.63, 3.8) is 0 Å². The summed E-state index contributed by atoms with van der Waals surface area (Å²) in [4.78, 5) is 11.3. The molecule has 5 N–H and O–H groups in total. The number of nitrogens with one attached hydrogen (secondary N) is 2. The van der Waals surface area contributed by atoms with E-state index in [2.05, 4.69) is 15.7 Å². The standard InChI is InChI=1S/C12H17N5O2/c13-11(19)8-6-15-17-9(5-10(18)16-12(8)17)7-1-3-14-4-2-7/h5-7,10,14,16,18H,1-4H2,(H2,13,19). The summed E-state index contributed by atoms with van der Waals surface area (Å²) in [6.07, 6.45) is 4.36. The van der Waals surface area contributed by atoms with Gasteiger partial charge >= 0.3 is 0 Å². The lowest BCUT2D eigenvalue weighted by Crippen LogP contribution is -2.33. The molecule has 1 atom stereocenters. The maximum Gasteiger partial charge on any atom is 0.254 e. The zero-order chi connectivity index (χ0) is 13.4. The first-order valence-corrected chi connectivity index (χ1v) is 6.42. The Hall–Kier alpha value is -1.86. The number of anilines is 1. The van der Waals surface area contributed by atoms with Gasteiger partial charge in [-0.25, -0.2) is 4.68 Å². The first-order chi connectivity index (χ1) is 9.16. The van der Waals surface area contributed by atoms with Crippen LogP contribution < -0.4 is 16.4 Å². The van der Waals surface area contributed by atoms with Gasteiger partial charge in [0.1, 0.15) is 17.6 Å². The van der Waals surface area contributed by atoms with Gasteiger partial charge in [-0.05, 0) is 32.0 Å². The molecule has 0 aliphatic carbocycles. The number of aliphatic hydroxyl groups excluding tert-OH is 1. The number of carbonyl (C=O) groups excluding carboxylic acids is 1. The van der Waals surface area contributed by atoms with Crippen molar-refractivity contribution in [3.8, 4) is 0 Å². The number of nitrogens with two attached hydrogens (primary N) is 1. The minimum Gasteiger partial charge on any atom is -0.370 e. The third kappa shape index (κ3) is 2.11. The number of rotatable bonds is 2. The smallest absolute Gasteiger partial charge is 0.254 e. The van der Waals surface area contributed by atoms with Crippen LogP contribution in [0.3, 0.4) is 0 Å². The lowest BCUT2D eigenvalue weighted by atomic mass is 9.93. The monoisotopic (exact) mass is 263 g/mol. The second kappa shape index (κ2) is 4.67. The fourth-order valence-electron chi connectivity index (χ4n) is 2.70. The summed E-state index contributed by atoms with van der Waals surface area (Å²) in [5, 5.41) is 20.2. The Morgan fingerprint density at radius 1 is 1.47 bits per heavy atom. The van der Waals surface area contributed by atoms with Crippen LogP contribution in [0.4, 0.5) is 5.82 Å². The molecule has 0 bridgehead atoms. The number of hydrogen-bond acceptors (Lipinski definition) is 5. The van der Waals surface area contributed by atoms with Gasteiger partial charge in [0.15, 0.2) is 0 Å². The SMILES string of the molecule is NC(=O)c1cnn2c1NC(O)C=C2C1CCNCC1. The van der Waals surface area contributed by atoms with Crippen LogP contribution in [0.15, 0.2) is 12.3 Å². The molecule has 0 radical (unpaired) electrons. The highest BCUT2D eigenvalue weighted by molar-refractivity contribution is 5.98. The van der Waals surface area contributed by atoms with Gasteiger partial charge in [-0.3, -0.25) is 4.79 Å². The number of amides is 1. The van der Waals surface area contributed by atoms with Crippen LogP contribution in [0, 0.1) is 5.92 Å². The third-order valence-corrected chi connectivity index (χ3v) is 3.65. The van der Waals surface area contributed by atoms with Gasteiger partial charge in [-0.1, -0.05) is 0 Å². The summed E-state index contributed by atoms with van der Waals surface area (Å²) in [5.74, 6) is 0.265. The lowest BCUT2D eigenvalue weighted by molar-refractivity contribution is 0.100. The summed E-state index contributed by atoms with van der Waals surface area (Å²) in [6, 6.07) is 0. The molecule has 0 saturated carbocycles. The van der Waals surface area contributed by atoms with Crippen molar-refractivity contribution >= 4 is 17.4 Å². The Balaban J connectivity index is 1.99. The van der Waals surface area contributed by atoms with E-state index >= 15 is 0 Å². The maximum atomic E-state index is 11.3. The molecule has 0 spiro atoms. The molecule has 1 saturated heterocycles. The maximum absolute atomic E-state index is 11.3. The molecule has 1 aromatic rings. The normalized spacial score (nSPS) is 23.4. The highest BCUT2D eigenvalue weighted by Crippen LogP contribution is 2.32. The van der Waals surface area contributed by atoms with E-state index in [9.17, 15) is 9.90 Å². The Bertz CT molecular complexity index is 530. The summed E-state index contributed by atoms with van der Waals surface area (Å²) in [7, 11) is 0. The van der Waals surface area contributed by atoms with Gasteiger partial charge < -0.3 is 21.5 Å². The Morgan fingerprint density at radius 3 is 2.89 bits per heavy atom. The Kier molecular flexibility index (Phi) is 3.00. The zero-order valence-electron chi connectivity index (χ0n) is 10.5. The van der Waals surface area contributed by atoms with Gasteiger partial charge in [0, 0.05) is 11.6 Å². The molecule has 2 aliphatic heterocycles. The van der Waals surface area contributed by atoms with Crippen molar-refractivity contribution in [2.24, 2.45) is 11.7 Å². The number of nitrogens with zero attached hydrogens (tertiary/aromatic N) is 2. The van der Waals surface area contributed by atoms with Crippen molar-refractivity contribution < 1.29 is 9.90 Å². The third-order valence-electron chi connectivity index (χ3n) is 3.65. The number of carbonyl (C=O) groups is 1. The van der Waals surface area contributed by atoms with Gasteiger partial charge in [-0.15, -0.1) is 0 Å². The van der Waals surface area contributed by atoms with Crippen molar-refractivity contribution in [3.05, 3.63) is 17.8 Å². The van der Waals surface area contributed by atoms with Crippen LogP contribution in [0.2, 0.25) is 0 Å². The Morgan fingerprint density at radius 2 is 2.21 bits per heavy atom. The van der Waals surface area contributed by atoms with Crippen LogP contribution in [0.1, 0.15) is 23.2 Å². The average molecular weight is 263 g/mol. The van der Waals surface area contributed by atoms with E-state index in [1.54, 1.807) is 10.8 Å². The molecule has 1 unspecified atom stereocenters. The van der Waals surface area contributed by atoms with Crippen molar-refractivity contribution in [2.75, 3.05) is 18.4 Å². The lowest BCUT2D eigenvalue weighted by Gasteiger charge is -2.30. The van der Waals surface area contributed by atoms with Crippen LogP contribution in [-0.2, 0) is 0 Å². The van der Waals surface area contributed by atoms with Crippen molar-refractivity contribution in [2.45, 2.75) is 19.1 Å². The summed E-state index contributed by atoms with van der Waals surface area (Å²) in [6.45, 7) is 1.90. The first kappa shape index (κ1) is 12.2. The van der Waals surface area contributed by atoms with Crippen LogP contribution in [0.25, 0.3) is 5.70 Å². The molecular weight excluding hydrogens is 246 g/mol. The Labute approximate surface area is 110 Å². The van der Waals surface area contributed by atoms with Crippen molar-refractivity contribution in [1.29, 1.82) is 0 Å². The second-order valence-electron chi connectivity index (χ2n) is 4.89. The predicted molar refractivity (Wildman–Crippen MR) is 70.2 cm³/mol. The number of hydrogen-bond donors (Lipinski definition) is 4. The van der Waals surface area contributed by atoms with E-state index in [-0.39, 0.29) is 0 Å². The number of aliphatic hydroxyl groups is 1. The van der Waals surface area contributed by atoms with E-state index in [0.29, 0.717) is 17.3 Å². The van der Waals surface area contributed by atoms with E-state index in [4.69, 9.17) is 5.73 Å². The van der Waals surface area contributed by atoms with Gasteiger partial charge in [0.25, 0.3) is 5.91 Å². The molecule has 7 nitrogen and oxygen atoms in total. The highest BCUT2D eigenvalue weighted by atomic mass is 16.3. The molecule has 3 heterocycles. The van der Waals surface area contributed by atoms with Gasteiger partial charge in [-0.2, -0.15) is 5.10 Å². The van der Waals surface area contributed by atoms with Crippen molar-refractivity contribution in [1.82, 2.24) is 15.1 Å². The van der Waals surface area contributed by atoms with Gasteiger partial charge in [0.2, 0.25) is 0 Å². The number of primary amides is 1. The molecule has 1 amide bonds. The van der Waals surface area contributed by atoms with E-state index in [1.165, 1.54) is 6.20 Å².